The molecule has 0 radical (unpaired) electrons. The Balaban J connectivity index is 1.48. The Labute approximate surface area is 159 Å². The Morgan fingerprint density at radius 3 is 2.23 bits per heavy atom. The van der Waals surface area contributed by atoms with Gasteiger partial charge >= 0.3 is 0 Å². The predicted octanol–water partition coefficient (Wildman–Crippen LogP) is 3.96. The van der Waals surface area contributed by atoms with Crippen LogP contribution in [-0.2, 0) is 4.79 Å². The Bertz CT molecular complexity index is 781. The number of piperazine rings is 1. The summed E-state index contributed by atoms with van der Waals surface area (Å²) < 4.78 is 0. The predicted molar refractivity (Wildman–Crippen MR) is 105 cm³/mol. The summed E-state index contributed by atoms with van der Waals surface area (Å²) in [6.07, 6.45) is 0.519. The molecule has 1 heterocycles. The zero-order valence-electron chi connectivity index (χ0n) is 15.0. The van der Waals surface area contributed by atoms with Gasteiger partial charge in [-0.3, -0.25) is 9.59 Å². The number of Topliss-reactive ketones (excluding diaryl/α,β-unsaturated/α-hetero) is 1. The number of benzene rings is 2. The van der Waals surface area contributed by atoms with E-state index in [0.29, 0.717) is 18.7 Å². The molecule has 5 heteroatoms. The van der Waals surface area contributed by atoms with Crippen molar-refractivity contribution in [3.8, 4) is 0 Å². The van der Waals surface area contributed by atoms with E-state index in [9.17, 15) is 9.59 Å². The number of ketones is 1. The number of hydrogen-bond donors (Lipinski definition) is 0. The molecule has 0 aromatic heterocycles. The first-order chi connectivity index (χ1) is 12.5. The monoisotopic (exact) mass is 370 g/mol. The largest absolute Gasteiger partial charge is 0.367 e. The highest BCUT2D eigenvalue weighted by atomic mass is 35.5. The normalized spacial score (nSPS) is 14.4. The molecule has 3 rings (SSSR count). The highest BCUT2D eigenvalue weighted by Gasteiger charge is 2.22. The Kier molecular flexibility index (Phi) is 5.94. The fourth-order valence-electron chi connectivity index (χ4n) is 3.17. The smallest absolute Gasteiger partial charge is 0.223 e. The Morgan fingerprint density at radius 1 is 0.923 bits per heavy atom. The maximum Gasteiger partial charge on any atom is 0.223 e. The number of aryl methyl sites for hydroxylation is 1. The molecule has 2 aromatic rings. The standard InChI is InChI=1S/C21H23ClN2O2/c1-16-6-8-17(9-7-16)20(25)10-11-21(26)24-14-12-23(13-15-24)19-5-3-2-4-18(19)22/h2-9H,10-15H2,1H3. The summed E-state index contributed by atoms with van der Waals surface area (Å²) in [4.78, 5) is 28.7. The van der Waals surface area contributed by atoms with Crippen LogP contribution in [0.15, 0.2) is 48.5 Å². The maximum absolute atomic E-state index is 12.4. The van der Waals surface area contributed by atoms with Crippen molar-refractivity contribution in [1.29, 1.82) is 0 Å². The number of halogens is 1. The van der Waals surface area contributed by atoms with Crippen LogP contribution in [0.4, 0.5) is 5.69 Å². The third-order valence-electron chi connectivity index (χ3n) is 4.76. The molecule has 136 valence electrons. The summed E-state index contributed by atoms with van der Waals surface area (Å²) in [5, 5.41) is 0.732. The Hall–Kier alpha value is -2.33. The molecule has 0 unspecified atom stereocenters. The highest BCUT2D eigenvalue weighted by molar-refractivity contribution is 6.33. The average Bonchev–Trinajstić information content (AvgIpc) is 2.67. The molecule has 1 aliphatic heterocycles. The zero-order chi connectivity index (χ0) is 18.5. The van der Waals surface area contributed by atoms with E-state index >= 15 is 0 Å². The second-order valence-electron chi connectivity index (χ2n) is 6.61. The van der Waals surface area contributed by atoms with Crippen LogP contribution in [0, 0.1) is 6.92 Å². The van der Waals surface area contributed by atoms with Gasteiger partial charge in [-0.1, -0.05) is 53.6 Å². The lowest BCUT2D eigenvalue weighted by molar-refractivity contribution is -0.131. The molecule has 0 atom stereocenters. The van der Waals surface area contributed by atoms with Crippen molar-refractivity contribution in [3.63, 3.8) is 0 Å². The molecule has 2 aromatic carbocycles. The number of anilines is 1. The summed E-state index contributed by atoms with van der Waals surface area (Å²) >= 11 is 6.25. The second kappa shape index (κ2) is 8.37. The minimum absolute atomic E-state index is 0.0213. The summed E-state index contributed by atoms with van der Waals surface area (Å²) in [6, 6.07) is 15.2. The SMILES string of the molecule is Cc1ccc(C(=O)CCC(=O)N2CCN(c3ccccc3Cl)CC2)cc1. The van der Waals surface area contributed by atoms with Crippen molar-refractivity contribution >= 4 is 29.0 Å². The van der Waals surface area contributed by atoms with Gasteiger partial charge in [0.15, 0.2) is 5.78 Å². The van der Waals surface area contributed by atoms with Gasteiger partial charge in [-0.2, -0.15) is 0 Å². The first kappa shape index (κ1) is 18.5. The first-order valence-electron chi connectivity index (χ1n) is 8.92. The van der Waals surface area contributed by atoms with Gasteiger partial charge in [-0.05, 0) is 19.1 Å². The molecule has 1 fully saturated rings. The summed E-state index contributed by atoms with van der Waals surface area (Å²) in [6.45, 7) is 4.80. The molecule has 0 saturated carbocycles. The lowest BCUT2D eigenvalue weighted by Crippen LogP contribution is -2.48. The lowest BCUT2D eigenvalue weighted by Gasteiger charge is -2.36. The minimum Gasteiger partial charge on any atom is -0.367 e. The summed E-state index contributed by atoms with van der Waals surface area (Å²) in [7, 11) is 0. The maximum atomic E-state index is 12.4. The minimum atomic E-state index is 0.0213. The first-order valence-corrected chi connectivity index (χ1v) is 9.29. The van der Waals surface area contributed by atoms with Gasteiger partial charge in [0.1, 0.15) is 0 Å². The number of carbonyl (C=O) groups excluding carboxylic acids is 2. The van der Waals surface area contributed by atoms with E-state index in [-0.39, 0.29) is 24.5 Å². The topological polar surface area (TPSA) is 40.6 Å². The van der Waals surface area contributed by atoms with Crippen LogP contribution in [0.2, 0.25) is 5.02 Å². The van der Waals surface area contributed by atoms with Crippen LogP contribution in [0.1, 0.15) is 28.8 Å². The van der Waals surface area contributed by atoms with Crippen molar-refractivity contribution in [1.82, 2.24) is 4.90 Å². The van der Waals surface area contributed by atoms with Crippen molar-refractivity contribution in [3.05, 3.63) is 64.7 Å². The molecule has 4 nitrogen and oxygen atoms in total. The number of para-hydroxylation sites is 1. The summed E-state index contributed by atoms with van der Waals surface area (Å²) in [5.74, 6) is 0.0670. The Morgan fingerprint density at radius 2 is 1.58 bits per heavy atom. The van der Waals surface area contributed by atoms with Crippen LogP contribution in [-0.4, -0.2) is 42.8 Å². The third kappa shape index (κ3) is 4.44. The molecule has 1 saturated heterocycles. The van der Waals surface area contributed by atoms with Gasteiger partial charge in [0.05, 0.1) is 10.7 Å². The number of carbonyl (C=O) groups is 2. The molecular weight excluding hydrogens is 348 g/mol. The van der Waals surface area contributed by atoms with E-state index in [2.05, 4.69) is 4.90 Å². The zero-order valence-corrected chi connectivity index (χ0v) is 15.7. The van der Waals surface area contributed by atoms with E-state index in [1.807, 2.05) is 60.4 Å². The van der Waals surface area contributed by atoms with Crippen molar-refractivity contribution < 1.29 is 9.59 Å². The van der Waals surface area contributed by atoms with Crippen molar-refractivity contribution in [2.45, 2.75) is 19.8 Å². The highest BCUT2D eigenvalue weighted by Crippen LogP contribution is 2.26. The molecule has 26 heavy (non-hydrogen) atoms. The quantitative estimate of drug-likeness (QED) is 0.748. The van der Waals surface area contributed by atoms with Gasteiger partial charge in [0.2, 0.25) is 5.91 Å². The van der Waals surface area contributed by atoms with Gasteiger partial charge in [0, 0.05) is 44.6 Å². The fraction of sp³-hybridized carbons (Fsp3) is 0.333. The third-order valence-corrected chi connectivity index (χ3v) is 5.08. The van der Waals surface area contributed by atoms with Crippen LogP contribution in [0.25, 0.3) is 0 Å². The van der Waals surface area contributed by atoms with E-state index in [1.54, 1.807) is 0 Å². The van der Waals surface area contributed by atoms with Crippen molar-refractivity contribution in [2.24, 2.45) is 0 Å². The average molecular weight is 371 g/mol. The molecule has 1 amide bonds. The fourth-order valence-corrected chi connectivity index (χ4v) is 3.42. The van der Waals surface area contributed by atoms with Crippen LogP contribution in [0.5, 0.6) is 0 Å². The second-order valence-corrected chi connectivity index (χ2v) is 7.02. The van der Waals surface area contributed by atoms with Crippen LogP contribution < -0.4 is 4.90 Å². The molecule has 0 aliphatic carbocycles. The van der Waals surface area contributed by atoms with Gasteiger partial charge < -0.3 is 9.80 Å². The van der Waals surface area contributed by atoms with E-state index < -0.39 is 0 Å². The van der Waals surface area contributed by atoms with E-state index in [4.69, 9.17) is 11.6 Å². The van der Waals surface area contributed by atoms with Gasteiger partial charge in [0.25, 0.3) is 0 Å². The molecule has 1 aliphatic rings. The van der Waals surface area contributed by atoms with E-state index in [0.717, 1.165) is 29.4 Å². The summed E-state index contributed by atoms with van der Waals surface area (Å²) in [5.41, 5.74) is 2.80. The van der Waals surface area contributed by atoms with Gasteiger partial charge in [-0.25, -0.2) is 0 Å². The lowest BCUT2D eigenvalue weighted by atomic mass is 10.0. The number of amides is 1. The molecule has 0 N–H and O–H groups in total. The number of hydrogen-bond acceptors (Lipinski definition) is 3. The van der Waals surface area contributed by atoms with Crippen LogP contribution >= 0.6 is 11.6 Å². The van der Waals surface area contributed by atoms with Crippen molar-refractivity contribution in [2.75, 3.05) is 31.1 Å². The van der Waals surface area contributed by atoms with Crippen LogP contribution in [0.3, 0.4) is 0 Å². The number of rotatable bonds is 5. The van der Waals surface area contributed by atoms with E-state index in [1.165, 1.54) is 0 Å². The van der Waals surface area contributed by atoms with Gasteiger partial charge in [-0.15, -0.1) is 0 Å². The number of nitrogens with zero attached hydrogens (tertiary/aromatic N) is 2. The molecular formula is C21H23ClN2O2. The molecule has 0 spiro atoms. The molecule has 0 bridgehead atoms.